The highest BCUT2D eigenvalue weighted by atomic mass is 19.4. The molecule has 0 fully saturated rings. The van der Waals surface area contributed by atoms with Crippen LogP contribution in [0.3, 0.4) is 0 Å². The maximum absolute atomic E-state index is 13.9. The van der Waals surface area contributed by atoms with Crippen LogP contribution < -0.4 is 0 Å². The zero-order valence-electron chi connectivity index (χ0n) is 18.7. The lowest BCUT2D eigenvalue weighted by Crippen LogP contribution is -2.13. The minimum absolute atomic E-state index is 0.0258. The van der Waals surface area contributed by atoms with Crippen molar-refractivity contribution in [1.82, 2.24) is 9.38 Å². The number of nitrogens with zero attached hydrogens (tertiary/aromatic N) is 2. The topological polar surface area (TPSA) is 51.4 Å². The number of hydrogen-bond donors (Lipinski definition) is 0. The summed E-state index contributed by atoms with van der Waals surface area (Å²) < 4.78 is 43.5. The molecule has 2 heterocycles. The van der Waals surface area contributed by atoms with Crippen molar-refractivity contribution in [1.29, 1.82) is 0 Å². The van der Waals surface area contributed by atoms with Crippen molar-refractivity contribution in [3.63, 3.8) is 0 Å². The van der Waals surface area contributed by atoms with Gasteiger partial charge in [-0.2, -0.15) is 13.2 Å². The molecule has 0 saturated heterocycles. The van der Waals surface area contributed by atoms with E-state index in [0.29, 0.717) is 22.6 Å². The van der Waals surface area contributed by atoms with Crippen molar-refractivity contribution in [2.24, 2.45) is 11.8 Å². The van der Waals surface area contributed by atoms with Gasteiger partial charge in [-0.1, -0.05) is 45.9 Å². The van der Waals surface area contributed by atoms with Crippen molar-refractivity contribution < 1.29 is 22.8 Å². The molecule has 4 nitrogen and oxygen atoms in total. The lowest BCUT2D eigenvalue weighted by Gasteiger charge is -2.16. The van der Waals surface area contributed by atoms with Crippen LogP contribution in [-0.4, -0.2) is 21.0 Å². The number of imidazole rings is 1. The van der Waals surface area contributed by atoms with Crippen molar-refractivity contribution in [3.8, 4) is 11.3 Å². The molecule has 7 heteroatoms. The number of alkyl halides is 3. The smallest absolute Gasteiger partial charge is 0.299 e. The molecule has 2 aromatic heterocycles. The number of Topliss-reactive ketones (excluding diaryl/α,β-unsaturated/α-hetero) is 2. The highest BCUT2D eigenvalue weighted by Gasteiger charge is 2.34. The van der Waals surface area contributed by atoms with Gasteiger partial charge < -0.3 is 0 Å². The van der Waals surface area contributed by atoms with Crippen LogP contribution in [0.25, 0.3) is 16.9 Å². The van der Waals surface area contributed by atoms with E-state index < -0.39 is 11.7 Å². The third-order valence-electron chi connectivity index (χ3n) is 5.56. The Kier molecular flexibility index (Phi) is 6.86. The molecule has 0 unspecified atom stereocenters. The molecule has 0 saturated carbocycles. The molecule has 0 aliphatic carbocycles. The predicted molar refractivity (Wildman–Crippen MR) is 117 cm³/mol. The van der Waals surface area contributed by atoms with Gasteiger partial charge in [0.25, 0.3) is 0 Å². The molecule has 170 valence electrons. The number of carbonyl (C=O) groups is 2. The minimum Gasteiger partial charge on any atom is -0.299 e. The highest BCUT2D eigenvalue weighted by Crippen LogP contribution is 2.37. The first-order chi connectivity index (χ1) is 15.0. The van der Waals surface area contributed by atoms with Crippen LogP contribution in [0, 0.1) is 11.8 Å². The summed E-state index contributed by atoms with van der Waals surface area (Å²) in [5.74, 6) is -0.532. The van der Waals surface area contributed by atoms with Crippen molar-refractivity contribution in [3.05, 3.63) is 59.4 Å². The Bertz CT molecular complexity index is 1140. The normalized spacial score (nSPS) is 12.2. The highest BCUT2D eigenvalue weighted by molar-refractivity contribution is 5.85. The summed E-state index contributed by atoms with van der Waals surface area (Å²) in [7, 11) is 0. The molecule has 0 aliphatic heterocycles. The SMILES string of the molecule is CC(C)C(=O)CCc1ccc(-c2c(CC(=O)C(C)C)nc3ccccn23)cc1C(F)(F)F. The van der Waals surface area contributed by atoms with E-state index in [0.717, 1.165) is 6.07 Å². The number of carbonyl (C=O) groups excluding carboxylic acids is 2. The van der Waals surface area contributed by atoms with Crippen LogP contribution in [0.4, 0.5) is 13.2 Å². The molecule has 0 aliphatic rings. The lowest BCUT2D eigenvalue weighted by molar-refractivity contribution is -0.138. The van der Waals surface area contributed by atoms with Gasteiger partial charge in [-0.15, -0.1) is 0 Å². The maximum atomic E-state index is 13.9. The number of halogens is 3. The number of rotatable bonds is 8. The summed E-state index contributed by atoms with van der Waals surface area (Å²) in [6, 6.07) is 9.46. The molecule has 3 aromatic rings. The van der Waals surface area contributed by atoms with Crippen LogP contribution in [0.15, 0.2) is 42.6 Å². The fraction of sp³-hybridized carbons (Fsp3) is 0.400. The number of benzene rings is 1. The number of aryl methyl sites for hydroxylation is 1. The van der Waals surface area contributed by atoms with E-state index >= 15 is 0 Å². The second-order valence-electron chi connectivity index (χ2n) is 8.62. The molecule has 0 atom stereocenters. The predicted octanol–water partition coefficient (Wildman–Crippen LogP) is 5.95. The van der Waals surface area contributed by atoms with E-state index in [1.165, 1.54) is 6.07 Å². The standard InChI is InChI=1S/C25H27F3N2O2/c1-15(2)21(31)11-10-17-8-9-18(13-19(17)25(26,27)28)24-20(14-22(32)16(3)4)29-23-7-5-6-12-30(23)24/h5-9,12-13,15-16H,10-11,14H2,1-4H3. The molecular weight excluding hydrogens is 417 g/mol. The Morgan fingerprint density at radius 1 is 1.00 bits per heavy atom. The van der Waals surface area contributed by atoms with Crippen molar-refractivity contribution in [2.45, 2.75) is 53.1 Å². The minimum atomic E-state index is -4.57. The molecule has 0 radical (unpaired) electrons. The van der Waals surface area contributed by atoms with E-state index in [-0.39, 0.29) is 48.2 Å². The summed E-state index contributed by atoms with van der Waals surface area (Å²) in [5.41, 5.74) is 1.15. The van der Waals surface area contributed by atoms with Gasteiger partial charge in [-0.25, -0.2) is 4.98 Å². The Hall–Kier alpha value is -2.96. The maximum Gasteiger partial charge on any atom is 0.416 e. The number of fused-ring (bicyclic) bond motifs is 1. The van der Waals surface area contributed by atoms with Gasteiger partial charge in [0.1, 0.15) is 17.2 Å². The second-order valence-corrected chi connectivity index (χ2v) is 8.62. The van der Waals surface area contributed by atoms with Crippen LogP contribution in [0.2, 0.25) is 0 Å². The van der Waals surface area contributed by atoms with Crippen LogP contribution in [0.1, 0.15) is 50.9 Å². The molecule has 0 amide bonds. The Morgan fingerprint density at radius 3 is 2.31 bits per heavy atom. The Labute approximate surface area is 185 Å². The van der Waals surface area contributed by atoms with Crippen LogP contribution >= 0.6 is 0 Å². The van der Waals surface area contributed by atoms with Gasteiger partial charge in [0, 0.05) is 30.0 Å². The summed E-state index contributed by atoms with van der Waals surface area (Å²) in [6.07, 6.45) is -2.72. The molecule has 0 spiro atoms. The fourth-order valence-corrected chi connectivity index (χ4v) is 3.59. The molecule has 1 aromatic carbocycles. The lowest BCUT2D eigenvalue weighted by atomic mass is 9.94. The monoisotopic (exact) mass is 444 g/mol. The number of hydrogen-bond acceptors (Lipinski definition) is 3. The van der Waals surface area contributed by atoms with Crippen LogP contribution in [0.5, 0.6) is 0 Å². The number of ketones is 2. The molecular formula is C25H27F3N2O2. The number of pyridine rings is 1. The summed E-state index contributed by atoms with van der Waals surface area (Å²) in [4.78, 5) is 28.9. The van der Waals surface area contributed by atoms with E-state index in [1.54, 1.807) is 62.6 Å². The van der Waals surface area contributed by atoms with Gasteiger partial charge >= 0.3 is 6.18 Å². The zero-order valence-corrected chi connectivity index (χ0v) is 18.7. The Morgan fingerprint density at radius 2 is 1.69 bits per heavy atom. The first-order valence-electron chi connectivity index (χ1n) is 10.7. The largest absolute Gasteiger partial charge is 0.416 e. The second kappa shape index (κ2) is 9.27. The number of aromatic nitrogens is 2. The first-order valence-corrected chi connectivity index (χ1v) is 10.7. The average Bonchev–Trinajstić information content (AvgIpc) is 3.08. The van der Waals surface area contributed by atoms with Gasteiger partial charge in [-0.05, 0) is 30.2 Å². The summed E-state index contributed by atoms with van der Waals surface area (Å²) in [6.45, 7) is 7.04. The van der Waals surface area contributed by atoms with Gasteiger partial charge in [-0.3, -0.25) is 14.0 Å². The molecule has 3 rings (SSSR count). The van der Waals surface area contributed by atoms with E-state index in [1.807, 2.05) is 0 Å². The summed E-state index contributed by atoms with van der Waals surface area (Å²) >= 11 is 0. The third-order valence-corrected chi connectivity index (χ3v) is 5.56. The van der Waals surface area contributed by atoms with Crippen molar-refractivity contribution >= 4 is 17.2 Å². The van der Waals surface area contributed by atoms with Gasteiger partial charge in [0.15, 0.2) is 0 Å². The van der Waals surface area contributed by atoms with E-state index in [4.69, 9.17) is 0 Å². The van der Waals surface area contributed by atoms with Crippen molar-refractivity contribution in [2.75, 3.05) is 0 Å². The van der Waals surface area contributed by atoms with Crippen LogP contribution in [-0.2, 0) is 28.6 Å². The molecule has 32 heavy (non-hydrogen) atoms. The van der Waals surface area contributed by atoms with E-state index in [2.05, 4.69) is 4.98 Å². The third kappa shape index (κ3) is 5.09. The summed E-state index contributed by atoms with van der Waals surface area (Å²) in [5, 5.41) is 0. The molecule has 0 bridgehead atoms. The Balaban J connectivity index is 2.11. The first kappa shape index (κ1) is 23.7. The fourth-order valence-electron chi connectivity index (χ4n) is 3.59. The quantitative estimate of drug-likeness (QED) is 0.432. The average molecular weight is 444 g/mol. The van der Waals surface area contributed by atoms with Gasteiger partial charge in [0.05, 0.1) is 23.4 Å². The van der Waals surface area contributed by atoms with E-state index in [9.17, 15) is 22.8 Å². The zero-order chi connectivity index (χ0) is 23.6. The van der Waals surface area contributed by atoms with Gasteiger partial charge in [0.2, 0.25) is 0 Å². The molecule has 0 N–H and O–H groups in total.